The molecule has 4 rings (SSSR count). The van der Waals surface area contributed by atoms with Crippen LogP contribution in [-0.4, -0.2) is 41.0 Å². The van der Waals surface area contributed by atoms with E-state index in [4.69, 9.17) is 0 Å². The van der Waals surface area contributed by atoms with Gasteiger partial charge in [0.2, 0.25) is 0 Å². The van der Waals surface area contributed by atoms with Crippen LogP contribution >= 0.6 is 11.8 Å². The zero-order valence-electron chi connectivity index (χ0n) is 14.4. The lowest BCUT2D eigenvalue weighted by molar-refractivity contribution is 0.105. The molecule has 1 aromatic heterocycles. The highest BCUT2D eigenvalue weighted by Gasteiger charge is 2.40. The van der Waals surface area contributed by atoms with Crippen molar-refractivity contribution in [2.45, 2.75) is 24.8 Å². The second-order valence-corrected chi connectivity index (χ2v) is 8.08. The van der Waals surface area contributed by atoms with Gasteiger partial charge in [0.05, 0.1) is 0 Å². The molecule has 2 heterocycles. The largest absolute Gasteiger partial charge is 0.355 e. The van der Waals surface area contributed by atoms with Crippen LogP contribution < -0.4 is 0 Å². The molecule has 0 saturated carbocycles. The van der Waals surface area contributed by atoms with E-state index in [0.29, 0.717) is 12.0 Å². The zero-order valence-corrected chi connectivity index (χ0v) is 15.2. The lowest BCUT2D eigenvalue weighted by Crippen LogP contribution is -2.50. The first-order valence-electron chi connectivity index (χ1n) is 8.86. The summed E-state index contributed by atoms with van der Waals surface area (Å²) < 4.78 is 0. The number of thioether (sulfide) groups is 1. The van der Waals surface area contributed by atoms with Crippen molar-refractivity contribution < 1.29 is 0 Å². The minimum absolute atomic E-state index is 0.591. The van der Waals surface area contributed by atoms with E-state index >= 15 is 0 Å². The summed E-state index contributed by atoms with van der Waals surface area (Å²) in [7, 11) is 0. The highest BCUT2D eigenvalue weighted by Crippen LogP contribution is 2.46. The van der Waals surface area contributed by atoms with E-state index in [1.54, 1.807) is 5.56 Å². The van der Waals surface area contributed by atoms with Crippen LogP contribution in [0.3, 0.4) is 0 Å². The first-order valence-corrected chi connectivity index (χ1v) is 10.3. The van der Waals surface area contributed by atoms with E-state index in [9.17, 15) is 0 Å². The molecule has 1 fully saturated rings. The van der Waals surface area contributed by atoms with Crippen LogP contribution in [0.1, 0.15) is 29.2 Å². The van der Waals surface area contributed by atoms with E-state index in [1.165, 1.54) is 40.9 Å². The minimum atomic E-state index is 0.591. The summed E-state index contributed by atoms with van der Waals surface area (Å²) >= 11 is 1.98. The smallest absolute Gasteiger partial charge is 0.0464 e. The van der Waals surface area contributed by atoms with Gasteiger partial charge in [0.25, 0.3) is 0 Å². The second-order valence-electron chi connectivity index (χ2n) is 7.17. The average molecular weight is 339 g/mol. The van der Waals surface area contributed by atoms with Crippen molar-refractivity contribution in [3.8, 4) is 0 Å². The molecule has 0 amide bonds. The third kappa shape index (κ3) is 2.46. The molecule has 0 radical (unpaired) electrons. The Kier molecular flexibility index (Phi) is 4.31. The van der Waals surface area contributed by atoms with Gasteiger partial charge < -0.3 is 4.98 Å². The van der Waals surface area contributed by atoms with Crippen LogP contribution in [0.4, 0.5) is 0 Å². The number of aromatic nitrogens is 1. The maximum absolute atomic E-state index is 4.02. The Labute approximate surface area is 149 Å². The third-order valence-corrected chi connectivity index (χ3v) is 6.59. The maximum Gasteiger partial charge on any atom is 0.0464 e. The molecule has 0 spiro atoms. The number of nitrogens with zero attached hydrogens (tertiary/aromatic N) is 1. The number of rotatable bonds is 5. The number of piperidine rings is 1. The summed E-state index contributed by atoms with van der Waals surface area (Å²) in [5.41, 5.74) is 5.50. The summed E-state index contributed by atoms with van der Waals surface area (Å²) in [6.45, 7) is 10.2. The molecule has 2 nitrogen and oxygen atoms in total. The Bertz CT molecular complexity index is 775. The molecular formula is C21H26N2S. The Hall–Kier alpha value is -1.45. The Morgan fingerprint density at radius 3 is 3.00 bits per heavy atom. The van der Waals surface area contributed by atoms with E-state index in [0.717, 1.165) is 18.9 Å². The van der Waals surface area contributed by atoms with Gasteiger partial charge in [-0.3, -0.25) is 4.90 Å². The van der Waals surface area contributed by atoms with E-state index in [2.05, 4.69) is 53.6 Å². The molecule has 0 bridgehead atoms. The quantitative estimate of drug-likeness (QED) is 0.798. The average Bonchev–Trinajstić information content (AvgIpc) is 2.96. The predicted octanol–water partition coefficient (Wildman–Crippen LogP) is 4.69. The van der Waals surface area contributed by atoms with Gasteiger partial charge in [-0.2, -0.15) is 11.8 Å². The molecule has 1 aliphatic heterocycles. The number of benzene rings is 1. The lowest BCUT2D eigenvalue weighted by Gasteiger charge is -2.47. The number of H-pyrrole nitrogens is 1. The Balaban J connectivity index is 1.82. The van der Waals surface area contributed by atoms with Crippen LogP contribution in [0.15, 0.2) is 37.4 Å². The number of fused-ring (bicyclic) bond motifs is 2. The highest BCUT2D eigenvalue weighted by molar-refractivity contribution is 7.98. The van der Waals surface area contributed by atoms with Crippen molar-refractivity contribution >= 4 is 28.7 Å². The molecule has 1 aromatic carbocycles. The lowest BCUT2D eigenvalue weighted by atomic mass is 9.72. The monoisotopic (exact) mass is 338 g/mol. The first-order chi connectivity index (χ1) is 11.8. The number of hydrogen-bond donors (Lipinski definition) is 1. The summed E-state index contributed by atoms with van der Waals surface area (Å²) in [6.07, 6.45) is 8.72. The summed E-state index contributed by atoms with van der Waals surface area (Å²) in [5.74, 6) is 2.67. The van der Waals surface area contributed by atoms with E-state index in [1.807, 2.05) is 17.8 Å². The standard InChI is InChI=1S/C21H26N2S/c1-4-9-23-12-14(13-24-3)10-16-15-7-6-8-19-21(15)17(11-20(16)23)18(5-2)22-19/h4-8,14,16,20,22H,1-2,9-13H2,3H3/t14-,16?,20-/m1/s1. The van der Waals surface area contributed by atoms with Crippen LogP contribution in [-0.2, 0) is 6.42 Å². The fourth-order valence-electron chi connectivity index (χ4n) is 4.92. The topological polar surface area (TPSA) is 19.0 Å². The van der Waals surface area contributed by atoms with Crippen LogP contribution in [0.25, 0.3) is 17.0 Å². The minimum Gasteiger partial charge on any atom is -0.355 e. The molecule has 1 aliphatic carbocycles. The molecule has 24 heavy (non-hydrogen) atoms. The van der Waals surface area contributed by atoms with E-state index < -0.39 is 0 Å². The fraction of sp³-hybridized carbons (Fsp3) is 0.429. The summed E-state index contributed by atoms with van der Waals surface area (Å²) in [5, 5.41) is 1.47. The normalized spacial score (nSPS) is 26.3. The maximum atomic E-state index is 4.02. The van der Waals surface area contributed by atoms with Crippen molar-refractivity contribution in [1.82, 2.24) is 9.88 Å². The molecule has 2 aromatic rings. The Morgan fingerprint density at radius 1 is 1.38 bits per heavy atom. The molecule has 1 saturated heterocycles. The van der Waals surface area contributed by atoms with Crippen molar-refractivity contribution in [2.75, 3.05) is 25.1 Å². The SMILES string of the molecule is C=CCN1C[C@H](CSC)CC2c3cccc4[nH]c(C=C)c(c34)C[C@H]21. The number of aromatic amines is 1. The predicted molar refractivity (Wildman–Crippen MR) is 107 cm³/mol. The second kappa shape index (κ2) is 6.45. The van der Waals surface area contributed by atoms with Crippen LogP contribution in [0.5, 0.6) is 0 Å². The fourth-order valence-corrected chi connectivity index (χ4v) is 5.63. The van der Waals surface area contributed by atoms with Gasteiger partial charge >= 0.3 is 0 Å². The van der Waals surface area contributed by atoms with Crippen molar-refractivity contribution in [3.05, 3.63) is 54.3 Å². The molecule has 3 atom stereocenters. The molecule has 2 aliphatic rings. The van der Waals surface area contributed by atoms with Crippen molar-refractivity contribution in [2.24, 2.45) is 5.92 Å². The van der Waals surface area contributed by atoms with Crippen LogP contribution in [0.2, 0.25) is 0 Å². The van der Waals surface area contributed by atoms with Gasteiger partial charge in [0.1, 0.15) is 0 Å². The zero-order chi connectivity index (χ0) is 16.7. The number of likely N-dealkylation sites (tertiary alicyclic amines) is 1. The molecule has 1 N–H and O–H groups in total. The van der Waals surface area contributed by atoms with Gasteiger partial charge in [0, 0.05) is 41.6 Å². The molecule has 126 valence electrons. The van der Waals surface area contributed by atoms with Gasteiger partial charge in [-0.1, -0.05) is 24.8 Å². The van der Waals surface area contributed by atoms with Crippen molar-refractivity contribution in [1.29, 1.82) is 0 Å². The van der Waals surface area contributed by atoms with Gasteiger partial charge in [0.15, 0.2) is 0 Å². The Morgan fingerprint density at radius 2 is 2.25 bits per heavy atom. The van der Waals surface area contributed by atoms with Gasteiger partial charge in [-0.05, 0) is 54.0 Å². The number of nitrogens with one attached hydrogen (secondary N) is 1. The van der Waals surface area contributed by atoms with Crippen molar-refractivity contribution in [3.63, 3.8) is 0 Å². The first kappa shape index (κ1) is 16.0. The van der Waals surface area contributed by atoms with Gasteiger partial charge in [-0.25, -0.2) is 0 Å². The van der Waals surface area contributed by atoms with E-state index in [-0.39, 0.29) is 0 Å². The number of hydrogen-bond acceptors (Lipinski definition) is 2. The third-order valence-electron chi connectivity index (χ3n) is 5.79. The molecular weight excluding hydrogens is 312 g/mol. The highest BCUT2D eigenvalue weighted by atomic mass is 32.2. The summed E-state index contributed by atoms with van der Waals surface area (Å²) in [6, 6.07) is 7.37. The van der Waals surface area contributed by atoms with Crippen LogP contribution in [0, 0.1) is 5.92 Å². The summed E-state index contributed by atoms with van der Waals surface area (Å²) in [4.78, 5) is 6.25. The molecule has 1 unspecified atom stereocenters. The van der Waals surface area contributed by atoms with Gasteiger partial charge in [-0.15, -0.1) is 6.58 Å². The molecule has 3 heteroatoms.